The lowest BCUT2D eigenvalue weighted by atomic mass is 10.1. The van der Waals surface area contributed by atoms with Gasteiger partial charge >= 0.3 is 6.03 Å². The van der Waals surface area contributed by atoms with Crippen molar-refractivity contribution in [3.05, 3.63) is 58.3 Å². The minimum absolute atomic E-state index is 0.0469. The van der Waals surface area contributed by atoms with Crippen molar-refractivity contribution in [2.45, 2.75) is 31.8 Å². The Morgan fingerprint density at radius 1 is 1.14 bits per heavy atom. The average Bonchev–Trinajstić information content (AvgIpc) is 3.00. The van der Waals surface area contributed by atoms with Gasteiger partial charge in [-0.1, -0.05) is 30.3 Å². The summed E-state index contributed by atoms with van der Waals surface area (Å²) in [5.74, 6) is 0. The second-order valence-electron chi connectivity index (χ2n) is 5.42. The van der Waals surface area contributed by atoms with Crippen molar-refractivity contribution >= 4 is 17.4 Å². The smallest absolute Gasteiger partial charge is 0.315 e. The van der Waals surface area contributed by atoms with Crippen molar-refractivity contribution < 1.29 is 9.90 Å². The maximum atomic E-state index is 12.0. The van der Waals surface area contributed by atoms with E-state index in [1.54, 1.807) is 11.3 Å². The molecule has 0 aliphatic carbocycles. The molecule has 0 radical (unpaired) electrons. The van der Waals surface area contributed by atoms with Crippen LogP contribution >= 0.6 is 11.3 Å². The first kappa shape index (κ1) is 16.5. The summed E-state index contributed by atoms with van der Waals surface area (Å²) < 4.78 is 0. The van der Waals surface area contributed by atoms with Gasteiger partial charge in [0, 0.05) is 6.04 Å². The summed E-state index contributed by atoms with van der Waals surface area (Å²) in [5, 5.41) is 19.3. The van der Waals surface area contributed by atoms with Crippen molar-refractivity contribution in [2.75, 3.05) is 6.61 Å². The van der Waals surface area contributed by atoms with Crippen LogP contribution in [0.5, 0.6) is 0 Å². The Labute approximate surface area is 135 Å². The fourth-order valence-electron chi connectivity index (χ4n) is 2.32. The van der Waals surface area contributed by atoms with Crippen LogP contribution < -0.4 is 10.6 Å². The van der Waals surface area contributed by atoms with Gasteiger partial charge in [-0.2, -0.15) is 11.3 Å². The van der Waals surface area contributed by atoms with Crippen LogP contribution in [0.3, 0.4) is 0 Å². The first-order chi connectivity index (χ1) is 10.7. The molecule has 0 saturated carbocycles. The number of aliphatic hydroxyl groups is 1. The number of urea groups is 1. The Kier molecular flexibility index (Phi) is 6.43. The Balaban J connectivity index is 1.79. The van der Waals surface area contributed by atoms with Gasteiger partial charge in [-0.3, -0.25) is 0 Å². The van der Waals surface area contributed by atoms with Gasteiger partial charge in [0.05, 0.1) is 12.6 Å². The number of benzene rings is 1. The summed E-state index contributed by atoms with van der Waals surface area (Å²) in [6.07, 6.45) is 1.42. The van der Waals surface area contributed by atoms with E-state index < -0.39 is 0 Å². The topological polar surface area (TPSA) is 61.4 Å². The highest BCUT2D eigenvalue weighted by molar-refractivity contribution is 7.07. The fraction of sp³-hybridized carbons (Fsp3) is 0.353. The molecular weight excluding hydrogens is 296 g/mol. The Bertz CT molecular complexity index is 557. The predicted octanol–water partition coefficient (Wildman–Crippen LogP) is 2.58. The van der Waals surface area contributed by atoms with E-state index >= 15 is 0 Å². The van der Waals surface area contributed by atoms with E-state index in [9.17, 15) is 9.90 Å². The SMILES string of the molecule is C[C@@H](Cc1ccsc1)NC(=O)N[C@@H](CO)Cc1ccccc1. The quantitative estimate of drug-likeness (QED) is 0.735. The van der Waals surface area contributed by atoms with Crippen LogP contribution in [-0.2, 0) is 12.8 Å². The zero-order valence-electron chi connectivity index (χ0n) is 12.7. The molecule has 2 amide bonds. The van der Waals surface area contributed by atoms with Crippen LogP contribution in [0, 0.1) is 0 Å². The molecule has 0 unspecified atom stereocenters. The molecule has 1 heterocycles. The van der Waals surface area contributed by atoms with Gasteiger partial charge in [-0.05, 0) is 47.7 Å². The molecule has 1 aromatic carbocycles. The van der Waals surface area contributed by atoms with Crippen molar-refractivity contribution in [1.29, 1.82) is 0 Å². The highest BCUT2D eigenvalue weighted by Gasteiger charge is 2.14. The van der Waals surface area contributed by atoms with E-state index in [2.05, 4.69) is 22.1 Å². The zero-order chi connectivity index (χ0) is 15.8. The second-order valence-corrected chi connectivity index (χ2v) is 6.20. The fourth-order valence-corrected chi connectivity index (χ4v) is 3.01. The number of hydrogen-bond donors (Lipinski definition) is 3. The molecule has 2 aromatic rings. The summed E-state index contributed by atoms with van der Waals surface area (Å²) in [7, 11) is 0. The number of hydrogen-bond acceptors (Lipinski definition) is 3. The van der Waals surface area contributed by atoms with Crippen LogP contribution in [0.25, 0.3) is 0 Å². The number of nitrogens with one attached hydrogen (secondary N) is 2. The average molecular weight is 318 g/mol. The molecule has 0 bridgehead atoms. The van der Waals surface area contributed by atoms with Crippen LogP contribution in [0.15, 0.2) is 47.2 Å². The van der Waals surface area contributed by atoms with E-state index in [0.29, 0.717) is 6.42 Å². The minimum atomic E-state index is -0.282. The molecule has 3 N–H and O–H groups in total. The van der Waals surface area contributed by atoms with Crippen molar-refractivity contribution in [1.82, 2.24) is 10.6 Å². The monoisotopic (exact) mass is 318 g/mol. The van der Waals surface area contributed by atoms with Crippen LogP contribution in [0.4, 0.5) is 4.79 Å². The molecule has 4 nitrogen and oxygen atoms in total. The van der Waals surface area contributed by atoms with E-state index in [-0.39, 0.29) is 24.7 Å². The molecule has 0 aliphatic rings. The largest absolute Gasteiger partial charge is 0.394 e. The zero-order valence-corrected chi connectivity index (χ0v) is 13.5. The third kappa shape index (κ3) is 5.50. The van der Waals surface area contributed by atoms with Crippen LogP contribution in [-0.4, -0.2) is 29.8 Å². The summed E-state index contributed by atoms with van der Waals surface area (Å²) in [5.41, 5.74) is 2.31. The summed E-state index contributed by atoms with van der Waals surface area (Å²) >= 11 is 1.65. The normalized spacial score (nSPS) is 13.4. The lowest BCUT2D eigenvalue weighted by Gasteiger charge is -2.19. The molecule has 0 fully saturated rings. The lowest BCUT2D eigenvalue weighted by Crippen LogP contribution is -2.48. The second kappa shape index (κ2) is 8.56. The third-order valence-electron chi connectivity index (χ3n) is 3.38. The molecule has 0 spiro atoms. The molecule has 118 valence electrons. The van der Waals surface area contributed by atoms with Crippen molar-refractivity contribution in [2.24, 2.45) is 0 Å². The maximum Gasteiger partial charge on any atom is 0.315 e. The summed E-state index contributed by atoms with van der Waals surface area (Å²) in [6.45, 7) is 1.89. The van der Waals surface area contributed by atoms with Gasteiger partial charge in [0.25, 0.3) is 0 Å². The van der Waals surface area contributed by atoms with Crippen molar-refractivity contribution in [3.8, 4) is 0 Å². The number of rotatable bonds is 7. The molecule has 0 aliphatic heterocycles. The highest BCUT2D eigenvalue weighted by Crippen LogP contribution is 2.08. The molecule has 22 heavy (non-hydrogen) atoms. The number of thiophene rings is 1. The number of carbonyl (C=O) groups is 1. The molecule has 1 aromatic heterocycles. The Morgan fingerprint density at radius 3 is 2.55 bits per heavy atom. The van der Waals surface area contributed by atoms with E-state index in [4.69, 9.17) is 0 Å². The minimum Gasteiger partial charge on any atom is -0.394 e. The first-order valence-corrected chi connectivity index (χ1v) is 8.34. The summed E-state index contributed by atoms with van der Waals surface area (Å²) in [6, 6.07) is 11.4. The highest BCUT2D eigenvalue weighted by atomic mass is 32.1. The summed E-state index contributed by atoms with van der Waals surface area (Å²) in [4.78, 5) is 12.0. The van der Waals surface area contributed by atoms with Gasteiger partial charge in [-0.25, -0.2) is 4.79 Å². The molecular formula is C17H22N2O2S. The predicted molar refractivity (Wildman–Crippen MR) is 90.2 cm³/mol. The van der Waals surface area contributed by atoms with E-state index in [1.807, 2.05) is 42.6 Å². The van der Waals surface area contributed by atoms with Gasteiger partial charge < -0.3 is 15.7 Å². The molecule has 2 rings (SSSR count). The van der Waals surface area contributed by atoms with Crippen LogP contribution in [0.1, 0.15) is 18.1 Å². The molecule has 2 atom stereocenters. The number of aliphatic hydroxyl groups excluding tert-OH is 1. The number of carbonyl (C=O) groups excluding carboxylic acids is 1. The van der Waals surface area contributed by atoms with Crippen LogP contribution in [0.2, 0.25) is 0 Å². The van der Waals surface area contributed by atoms with E-state index in [1.165, 1.54) is 5.56 Å². The number of amides is 2. The first-order valence-electron chi connectivity index (χ1n) is 7.40. The van der Waals surface area contributed by atoms with Gasteiger partial charge in [0.2, 0.25) is 0 Å². The Morgan fingerprint density at radius 2 is 1.91 bits per heavy atom. The maximum absolute atomic E-state index is 12.0. The lowest BCUT2D eigenvalue weighted by molar-refractivity contribution is 0.213. The van der Waals surface area contributed by atoms with Crippen molar-refractivity contribution in [3.63, 3.8) is 0 Å². The van der Waals surface area contributed by atoms with Gasteiger partial charge in [0.15, 0.2) is 0 Å². The molecule has 5 heteroatoms. The van der Waals surface area contributed by atoms with Gasteiger partial charge in [0.1, 0.15) is 0 Å². The Hall–Kier alpha value is -1.85. The molecule has 0 saturated heterocycles. The third-order valence-corrected chi connectivity index (χ3v) is 4.11. The van der Waals surface area contributed by atoms with E-state index in [0.717, 1.165) is 12.0 Å². The standard InChI is InChI=1S/C17H22N2O2S/c1-13(9-15-7-8-22-12-15)18-17(21)19-16(11-20)10-14-5-3-2-4-6-14/h2-8,12-13,16,20H,9-11H2,1H3,(H2,18,19,21)/t13-,16+/m0/s1. The van der Waals surface area contributed by atoms with Gasteiger partial charge in [-0.15, -0.1) is 0 Å².